The summed E-state index contributed by atoms with van der Waals surface area (Å²) in [5.74, 6) is 0.339. The van der Waals surface area contributed by atoms with E-state index < -0.39 is 0 Å². The summed E-state index contributed by atoms with van der Waals surface area (Å²) < 4.78 is 7.03. The zero-order chi connectivity index (χ0) is 13.8. The molecule has 3 rings (SSSR count). The molecule has 1 saturated heterocycles. The average Bonchev–Trinajstić information content (AvgIpc) is 3.18. The largest absolute Gasteiger partial charge is 0.376 e. The maximum Gasteiger partial charge on any atom is 0.271 e. The van der Waals surface area contributed by atoms with Crippen LogP contribution in [0.1, 0.15) is 23.3 Å². The summed E-state index contributed by atoms with van der Waals surface area (Å²) in [5.41, 5.74) is 0.291. The highest BCUT2D eigenvalue weighted by Crippen LogP contribution is 2.10. The highest BCUT2D eigenvalue weighted by Gasteiger charge is 2.17. The van der Waals surface area contributed by atoms with Gasteiger partial charge in [-0.1, -0.05) is 0 Å². The van der Waals surface area contributed by atoms with Gasteiger partial charge in [-0.3, -0.25) is 4.79 Å². The van der Waals surface area contributed by atoms with E-state index in [0.29, 0.717) is 18.1 Å². The van der Waals surface area contributed by atoms with Crippen LogP contribution in [0, 0.1) is 0 Å². The van der Waals surface area contributed by atoms with Crippen molar-refractivity contribution in [3.63, 3.8) is 0 Å². The van der Waals surface area contributed by atoms with Crippen molar-refractivity contribution in [3.8, 4) is 5.82 Å². The van der Waals surface area contributed by atoms with Gasteiger partial charge in [0.25, 0.3) is 5.91 Å². The molecule has 0 aromatic carbocycles. The second-order valence-electron chi connectivity index (χ2n) is 4.57. The van der Waals surface area contributed by atoms with Crippen molar-refractivity contribution >= 4 is 5.91 Å². The van der Waals surface area contributed by atoms with Gasteiger partial charge in [0.2, 0.25) is 0 Å². The van der Waals surface area contributed by atoms with Crippen LogP contribution in [0.25, 0.3) is 5.82 Å². The molecule has 2 aromatic rings. The Morgan fingerprint density at radius 3 is 3.05 bits per heavy atom. The number of hydrogen-bond donors (Lipinski definition) is 1. The fourth-order valence-electron chi connectivity index (χ4n) is 2.08. The Balaban J connectivity index is 1.60. The van der Waals surface area contributed by atoms with E-state index in [1.165, 1.54) is 0 Å². The first-order valence-corrected chi connectivity index (χ1v) is 6.56. The SMILES string of the molecule is O=C(NCC1CCCO1)c1ccc(-n2cccn2)nn1. The van der Waals surface area contributed by atoms with Gasteiger partial charge in [-0.15, -0.1) is 10.2 Å². The summed E-state index contributed by atoms with van der Waals surface area (Å²) >= 11 is 0. The van der Waals surface area contributed by atoms with Crippen LogP contribution < -0.4 is 5.32 Å². The van der Waals surface area contributed by atoms with Crippen molar-refractivity contribution in [2.24, 2.45) is 0 Å². The van der Waals surface area contributed by atoms with Gasteiger partial charge in [-0.05, 0) is 31.0 Å². The van der Waals surface area contributed by atoms with Gasteiger partial charge >= 0.3 is 0 Å². The smallest absolute Gasteiger partial charge is 0.271 e. The zero-order valence-electron chi connectivity index (χ0n) is 10.9. The number of amides is 1. The molecule has 0 bridgehead atoms. The molecule has 0 radical (unpaired) electrons. The highest BCUT2D eigenvalue weighted by atomic mass is 16.5. The summed E-state index contributed by atoms with van der Waals surface area (Å²) in [5, 5.41) is 14.7. The number of hydrogen-bond acceptors (Lipinski definition) is 5. The minimum absolute atomic E-state index is 0.121. The normalized spacial score (nSPS) is 18.1. The maximum absolute atomic E-state index is 11.9. The van der Waals surface area contributed by atoms with Crippen LogP contribution >= 0.6 is 0 Å². The molecule has 104 valence electrons. The lowest BCUT2D eigenvalue weighted by Crippen LogP contribution is -2.32. The minimum atomic E-state index is -0.236. The van der Waals surface area contributed by atoms with E-state index in [0.717, 1.165) is 19.4 Å². The molecule has 1 amide bonds. The molecule has 0 saturated carbocycles. The Bertz CT molecular complexity index is 561. The van der Waals surface area contributed by atoms with Crippen molar-refractivity contribution < 1.29 is 9.53 Å². The number of carbonyl (C=O) groups excluding carboxylic acids is 1. The Labute approximate surface area is 116 Å². The molecule has 1 unspecified atom stereocenters. The summed E-state index contributed by atoms with van der Waals surface area (Å²) in [7, 11) is 0. The molecule has 1 aliphatic heterocycles. The van der Waals surface area contributed by atoms with Crippen LogP contribution in [0.4, 0.5) is 0 Å². The molecule has 20 heavy (non-hydrogen) atoms. The fraction of sp³-hybridized carbons (Fsp3) is 0.385. The zero-order valence-corrected chi connectivity index (χ0v) is 10.9. The third kappa shape index (κ3) is 2.83. The Hall–Kier alpha value is -2.28. The fourth-order valence-corrected chi connectivity index (χ4v) is 2.08. The molecule has 7 nitrogen and oxygen atoms in total. The van der Waals surface area contributed by atoms with Gasteiger partial charge in [-0.25, -0.2) is 4.68 Å². The predicted molar refractivity (Wildman–Crippen MR) is 70.5 cm³/mol. The number of nitrogens with one attached hydrogen (secondary N) is 1. The summed E-state index contributed by atoms with van der Waals surface area (Å²) in [4.78, 5) is 11.9. The van der Waals surface area contributed by atoms with Crippen molar-refractivity contribution in [1.29, 1.82) is 0 Å². The standard InChI is InChI=1S/C13H15N5O2/c19-13(14-9-10-3-1-8-20-10)11-4-5-12(17-16-11)18-7-2-6-15-18/h2,4-7,10H,1,3,8-9H2,(H,14,19). The van der Waals surface area contributed by atoms with Crippen LogP contribution in [0.5, 0.6) is 0 Å². The molecule has 2 aromatic heterocycles. The number of carbonyl (C=O) groups is 1. The summed E-state index contributed by atoms with van der Waals surface area (Å²) in [6.45, 7) is 1.29. The van der Waals surface area contributed by atoms with Gasteiger partial charge in [-0.2, -0.15) is 5.10 Å². The quantitative estimate of drug-likeness (QED) is 0.880. The summed E-state index contributed by atoms with van der Waals surface area (Å²) in [6.07, 6.45) is 5.59. The van der Waals surface area contributed by atoms with Gasteiger partial charge in [0.05, 0.1) is 6.10 Å². The molecule has 3 heterocycles. The number of nitrogens with zero attached hydrogens (tertiary/aromatic N) is 4. The van der Waals surface area contributed by atoms with E-state index in [4.69, 9.17) is 4.74 Å². The van der Waals surface area contributed by atoms with Crippen LogP contribution in [0.15, 0.2) is 30.6 Å². The molecular weight excluding hydrogens is 258 g/mol. The lowest BCUT2D eigenvalue weighted by Gasteiger charge is -2.10. The van der Waals surface area contributed by atoms with Gasteiger partial charge in [0.15, 0.2) is 11.5 Å². The van der Waals surface area contributed by atoms with E-state index >= 15 is 0 Å². The van der Waals surface area contributed by atoms with Crippen LogP contribution in [0.2, 0.25) is 0 Å². The molecule has 1 aliphatic rings. The average molecular weight is 273 g/mol. The first-order chi connectivity index (χ1) is 9.83. The van der Waals surface area contributed by atoms with E-state index in [-0.39, 0.29) is 12.0 Å². The molecule has 7 heteroatoms. The van der Waals surface area contributed by atoms with Crippen LogP contribution in [-0.4, -0.2) is 45.1 Å². The first-order valence-electron chi connectivity index (χ1n) is 6.56. The Kier molecular flexibility index (Phi) is 3.69. The van der Waals surface area contributed by atoms with Crippen molar-refractivity contribution in [1.82, 2.24) is 25.3 Å². The van der Waals surface area contributed by atoms with Crippen molar-refractivity contribution in [2.75, 3.05) is 13.2 Å². The maximum atomic E-state index is 11.9. The van der Waals surface area contributed by atoms with Crippen molar-refractivity contribution in [3.05, 3.63) is 36.3 Å². The second-order valence-corrected chi connectivity index (χ2v) is 4.57. The number of rotatable bonds is 4. The molecular formula is C13H15N5O2. The van der Waals surface area contributed by atoms with E-state index in [2.05, 4.69) is 20.6 Å². The van der Waals surface area contributed by atoms with Crippen LogP contribution in [0.3, 0.4) is 0 Å². The Morgan fingerprint density at radius 1 is 1.45 bits per heavy atom. The summed E-state index contributed by atoms with van der Waals surface area (Å²) in [6, 6.07) is 5.14. The van der Waals surface area contributed by atoms with Gasteiger partial charge in [0.1, 0.15) is 0 Å². The molecule has 0 aliphatic carbocycles. The Morgan fingerprint density at radius 2 is 2.40 bits per heavy atom. The van der Waals surface area contributed by atoms with E-state index in [1.54, 1.807) is 35.3 Å². The highest BCUT2D eigenvalue weighted by molar-refractivity contribution is 5.92. The van der Waals surface area contributed by atoms with Crippen LogP contribution in [-0.2, 0) is 4.74 Å². The number of ether oxygens (including phenoxy) is 1. The molecule has 1 fully saturated rings. The monoisotopic (exact) mass is 273 g/mol. The molecule has 0 spiro atoms. The topological polar surface area (TPSA) is 81.9 Å². The lowest BCUT2D eigenvalue weighted by atomic mass is 10.2. The first kappa shape index (κ1) is 12.7. The third-order valence-corrected chi connectivity index (χ3v) is 3.14. The number of aromatic nitrogens is 4. The molecule has 1 atom stereocenters. The lowest BCUT2D eigenvalue weighted by molar-refractivity contribution is 0.0853. The third-order valence-electron chi connectivity index (χ3n) is 3.14. The van der Waals surface area contributed by atoms with Crippen molar-refractivity contribution in [2.45, 2.75) is 18.9 Å². The van der Waals surface area contributed by atoms with Gasteiger partial charge in [0, 0.05) is 25.5 Å². The van der Waals surface area contributed by atoms with E-state index in [9.17, 15) is 4.79 Å². The predicted octanol–water partition coefficient (Wildman–Crippen LogP) is 0.571. The second kappa shape index (κ2) is 5.79. The van der Waals surface area contributed by atoms with Gasteiger partial charge < -0.3 is 10.1 Å². The van der Waals surface area contributed by atoms with E-state index in [1.807, 2.05) is 0 Å². The molecule has 1 N–H and O–H groups in total. The minimum Gasteiger partial charge on any atom is -0.376 e.